The molecule has 0 aromatic rings. The molecule has 2 rings (SSSR count). The lowest BCUT2D eigenvalue weighted by Crippen LogP contribution is -2.41. The van der Waals surface area contributed by atoms with E-state index in [9.17, 15) is 9.90 Å². The highest BCUT2D eigenvalue weighted by molar-refractivity contribution is 5.72. The van der Waals surface area contributed by atoms with Crippen LogP contribution in [-0.4, -0.2) is 11.1 Å². The van der Waals surface area contributed by atoms with Crippen molar-refractivity contribution in [3.8, 4) is 0 Å². The van der Waals surface area contributed by atoms with E-state index in [0.717, 1.165) is 12.8 Å². The third-order valence-electron chi connectivity index (χ3n) is 4.85. The Labute approximate surface area is 79.3 Å². The fourth-order valence-electron chi connectivity index (χ4n) is 3.63. The van der Waals surface area contributed by atoms with Crippen molar-refractivity contribution in [1.82, 2.24) is 0 Å². The predicted molar refractivity (Wildman–Crippen MR) is 50.4 cm³/mol. The van der Waals surface area contributed by atoms with E-state index >= 15 is 0 Å². The van der Waals surface area contributed by atoms with E-state index < -0.39 is 5.97 Å². The Morgan fingerprint density at radius 3 is 2.31 bits per heavy atom. The van der Waals surface area contributed by atoms with Crippen molar-refractivity contribution in [2.45, 2.75) is 40.0 Å². The number of carboxylic acids is 1. The van der Waals surface area contributed by atoms with Crippen molar-refractivity contribution in [2.75, 3.05) is 0 Å². The molecule has 2 fully saturated rings. The third kappa shape index (κ3) is 0.918. The van der Waals surface area contributed by atoms with Crippen LogP contribution in [0.1, 0.15) is 40.0 Å². The summed E-state index contributed by atoms with van der Waals surface area (Å²) >= 11 is 0. The second kappa shape index (κ2) is 2.28. The quantitative estimate of drug-likeness (QED) is 0.676. The first-order valence-corrected chi connectivity index (χ1v) is 5.11. The normalized spacial score (nSPS) is 46.7. The van der Waals surface area contributed by atoms with E-state index in [0.29, 0.717) is 5.92 Å². The first-order chi connectivity index (χ1) is 5.88. The molecule has 2 nitrogen and oxygen atoms in total. The average molecular weight is 182 g/mol. The smallest absolute Gasteiger partial charge is 0.307 e. The van der Waals surface area contributed by atoms with Gasteiger partial charge in [0.2, 0.25) is 0 Å². The monoisotopic (exact) mass is 182 g/mol. The van der Waals surface area contributed by atoms with E-state index in [-0.39, 0.29) is 16.7 Å². The van der Waals surface area contributed by atoms with Crippen LogP contribution >= 0.6 is 0 Å². The summed E-state index contributed by atoms with van der Waals surface area (Å²) in [6.07, 6.45) is 3.46. The fourth-order valence-corrected chi connectivity index (χ4v) is 3.63. The first-order valence-electron chi connectivity index (χ1n) is 5.11. The van der Waals surface area contributed by atoms with Crippen molar-refractivity contribution in [3.05, 3.63) is 0 Å². The SMILES string of the molecule is CC12CCC(C1)C(C(=O)O)C2(C)C. The Morgan fingerprint density at radius 1 is 1.38 bits per heavy atom. The highest BCUT2D eigenvalue weighted by atomic mass is 16.4. The van der Waals surface area contributed by atoms with E-state index in [1.54, 1.807) is 0 Å². The lowest BCUT2D eigenvalue weighted by molar-refractivity contribution is -0.150. The lowest BCUT2D eigenvalue weighted by atomic mass is 9.61. The second-order valence-corrected chi connectivity index (χ2v) is 5.60. The van der Waals surface area contributed by atoms with Gasteiger partial charge in [-0.1, -0.05) is 20.8 Å². The van der Waals surface area contributed by atoms with Gasteiger partial charge in [0.25, 0.3) is 0 Å². The van der Waals surface area contributed by atoms with Crippen molar-refractivity contribution < 1.29 is 9.90 Å². The Balaban J connectivity index is 2.38. The van der Waals surface area contributed by atoms with Crippen LogP contribution in [0.3, 0.4) is 0 Å². The van der Waals surface area contributed by atoms with E-state index in [1.807, 2.05) is 0 Å². The lowest BCUT2D eigenvalue weighted by Gasteiger charge is -2.42. The molecule has 2 heteroatoms. The van der Waals surface area contributed by atoms with Crippen molar-refractivity contribution >= 4 is 5.97 Å². The standard InChI is InChI=1S/C11H18O2/c1-10(2)8(9(12)13)7-4-5-11(10,3)6-7/h7-8H,4-6H2,1-3H3,(H,12,13). The Hall–Kier alpha value is -0.530. The summed E-state index contributed by atoms with van der Waals surface area (Å²) in [6.45, 7) is 6.52. The van der Waals surface area contributed by atoms with Gasteiger partial charge in [-0.25, -0.2) is 0 Å². The second-order valence-electron chi connectivity index (χ2n) is 5.60. The molecule has 1 N–H and O–H groups in total. The number of hydrogen-bond acceptors (Lipinski definition) is 1. The number of hydrogen-bond donors (Lipinski definition) is 1. The summed E-state index contributed by atoms with van der Waals surface area (Å²) in [5, 5.41) is 9.19. The van der Waals surface area contributed by atoms with Crippen molar-refractivity contribution in [3.63, 3.8) is 0 Å². The molecule has 3 unspecified atom stereocenters. The van der Waals surface area contributed by atoms with Gasteiger partial charge in [-0.15, -0.1) is 0 Å². The van der Waals surface area contributed by atoms with E-state index in [4.69, 9.17) is 0 Å². The van der Waals surface area contributed by atoms with Crippen molar-refractivity contribution in [1.29, 1.82) is 0 Å². The Morgan fingerprint density at radius 2 is 2.00 bits per heavy atom. The molecule has 0 radical (unpaired) electrons. The molecule has 2 bridgehead atoms. The minimum absolute atomic E-state index is 0.0122. The van der Waals surface area contributed by atoms with Gasteiger partial charge in [0.05, 0.1) is 5.92 Å². The molecule has 74 valence electrons. The summed E-state index contributed by atoms with van der Waals surface area (Å²) in [7, 11) is 0. The first kappa shape index (κ1) is 9.04. The maximum atomic E-state index is 11.1. The van der Waals surface area contributed by atoms with Crippen LogP contribution in [0.2, 0.25) is 0 Å². The van der Waals surface area contributed by atoms with Gasteiger partial charge in [0, 0.05) is 0 Å². The number of aliphatic carboxylic acids is 1. The zero-order chi connectivity index (χ0) is 9.85. The van der Waals surface area contributed by atoms with Crippen molar-refractivity contribution in [2.24, 2.45) is 22.7 Å². The van der Waals surface area contributed by atoms with E-state index in [1.165, 1.54) is 6.42 Å². The molecule has 0 saturated heterocycles. The molecule has 3 atom stereocenters. The summed E-state index contributed by atoms with van der Waals surface area (Å²) < 4.78 is 0. The highest BCUT2D eigenvalue weighted by Gasteiger charge is 2.62. The Kier molecular flexibility index (Phi) is 1.59. The number of fused-ring (bicyclic) bond motifs is 2. The summed E-state index contributed by atoms with van der Waals surface area (Å²) in [5.41, 5.74) is 0.266. The summed E-state index contributed by atoms with van der Waals surface area (Å²) in [6, 6.07) is 0. The maximum absolute atomic E-state index is 11.1. The van der Waals surface area contributed by atoms with Crippen LogP contribution in [-0.2, 0) is 4.79 Å². The Bertz CT molecular complexity index is 257. The van der Waals surface area contributed by atoms with Gasteiger partial charge >= 0.3 is 5.97 Å². The fraction of sp³-hybridized carbons (Fsp3) is 0.909. The summed E-state index contributed by atoms with van der Waals surface area (Å²) in [4.78, 5) is 11.1. The van der Waals surface area contributed by atoms with Gasteiger partial charge in [0.15, 0.2) is 0 Å². The maximum Gasteiger partial charge on any atom is 0.307 e. The van der Waals surface area contributed by atoms with E-state index in [2.05, 4.69) is 20.8 Å². The van der Waals surface area contributed by atoms with Crippen LogP contribution in [0.25, 0.3) is 0 Å². The highest BCUT2D eigenvalue weighted by Crippen LogP contribution is 2.66. The topological polar surface area (TPSA) is 37.3 Å². The number of carboxylic acid groups (broad SMARTS) is 1. The molecule has 2 saturated carbocycles. The molecule has 2 aliphatic rings. The molecule has 0 aromatic heterocycles. The molecular weight excluding hydrogens is 164 g/mol. The molecule has 13 heavy (non-hydrogen) atoms. The number of rotatable bonds is 1. The minimum Gasteiger partial charge on any atom is -0.481 e. The average Bonchev–Trinajstić information content (AvgIpc) is 2.38. The van der Waals surface area contributed by atoms with Gasteiger partial charge in [0.1, 0.15) is 0 Å². The van der Waals surface area contributed by atoms with Crippen LogP contribution in [0.15, 0.2) is 0 Å². The summed E-state index contributed by atoms with van der Waals surface area (Å²) in [5.74, 6) is -0.248. The largest absolute Gasteiger partial charge is 0.481 e. The van der Waals surface area contributed by atoms with Gasteiger partial charge in [-0.05, 0) is 36.0 Å². The molecular formula is C11H18O2. The molecule has 0 amide bonds. The molecule has 0 aliphatic heterocycles. The van der Waals surface area contributed by atoms with Gasteiger partial charge in [-0.2, -0.15) is 0 Å². The molecule has 0 spiro atoms. The molecule has 0 heterocycles. The van der Waals surface area contributed by atoms with Crippen LogP contribution < -0.4 is 0 Å². The van der Waals surface area contributed by atoms with Gasteiger partial charge in [-0.3, -0.25) is 4.79 Å². The molecule has 2 aliphatic carbocycles. The molecule has 0 aromatic carbocycles. The minimum atomic E-state index is -0.585. The predicted octanol–water partition coefficient (Wildman–Crippen LogP) is 2.53. The van der Waals surface area contributed by atoms with Gasteiger partial charge < -0.3 is 5.11 Å². The van der Waals surface area contributed by atoms with Crippen LogP contribution in [0, 0.1) is 22.7 Å². The number of carbonyl (C=O) groups is 1. The zero-order valence-electron chi connectivity index (χ0n) is 8.63. The third-order valence-corrected chi connectivity index (χ3v) is 4.85. The van der Waals surface area contributed by atoms with Crippen LogP contribution in [0.5, 0.6) is 0 Å². The van der Waals surface area contributed by atoms with Crippen LogP contribution in [0.4, 0.5) is 0 Å². The zero-order valence-corrected chi connectivity index (χ0v) is 8.63.